The minimum absolute atomic E-state index is 0.684. The zero-order valence-electron chi connectivity index (χ0n) is 11.6. The molecule has 0 spiro atoms. The summed E-state index contributed by atoms with van der Waals surface area (Å²) in [4.78, 5) is 19.2. The van der Waals surface area contributed by atoms with Crippen molar-refractivity contribution < 1.29 is 4.79 Å². The number of anilines is 1. The molecule has 0 aliphatic rings. The summed E-state index contributed by atoms with van der Waals surface area (Å²) in [6, 6.07) is 0. The number of aromatic nitrogens is 2. The molecule has 2 aromatic rings. The van der Waals surface area contributed by atoms with Gasteiger partial charge >= 0.3 is 0 Å². The van der Waals surface area contributed by atoms with Crippen LogP contribution in [0.2, 0.25) is 0 Å². The van der Waals surface area contributed by atoms with Crippen LogP contribution in [0.15, 0.2) is 11.6 Å². The monoisotopic (exact) mass is 279 g/mol. The topological polar surface area (TPSA) is 37.6 Å². The maximum absolute atomic E-state index is 11.4. The molecule has 0 bridgehead atoms. The molecule has 4 nitrogen and oxygen atoms in total. The highest BCUT2D eigenvalue weighted by Crippen LogP contribution is 2.24. The van der Waals surface area contributed by atoms with Crippen LogP contribution < -0.4 is 4.90 Å². The van der Waals surface area contributed by atoms with E-state index in [0.29, 0.717) is 5.69 Å². The molecule has 0 saturated carbocycles. The zero-order chi connectivity index (χ0) is 13.7. The number of aldehydes is 1. The molecule has 0 saturated heterocycles. The fourth-order valence-electron chi connectivity index (χ4n) is 2.16. The first-order valence-electron chi connectivity index (χ1n) is 6.97. The van der Waals surface area contributed by atoms with Crippen LogP contribution in [0.4, 0.5) is 5.82 Å². The van der Waals surface area contributed by atoms with Gasteiger partial charge in [-0.3, -0.25) is 9.20 Å². The van der Waals surface area contributed by atoms with Crippen LogP contribution in [0, 0.1) is 0 Å². The summed E-state index contributed by atoms with van der Waals surface area (Å²) in [5.41, 5.74) is 0.684. The highest BCUT2D eigenvalue weighted by atomic mass is 32.1. The lowest BCUT2D eigenvalue weighted by Crippen LogP contribution is -2.27. The van der Waals surface area contributed by atoms with Gasteiger partial charge in [-0.1, -0.05) is 26.7 Å². The maximum atomic E-state index is 11.4. The number of thiazole rings is 1. The Balaban J connectivity index is 2.30. The van der Waals surface area contributed by atoms with Crippen molar-refractivity contribution in [3.05, 3.63) is 17.3 Å². The van der Waals surface area contributed by atoms with Crippen molar-refractivity contribution in [2.75, 3.05) is 18.0 Å². The Hall–Kier alpha value is -1.36. The Kier molecular flexibility index (Phi) is 4.96. The molecule has 0 unspecified atom stereocenters. The van der Waals surface area contributed by atoms with Gasteiger partial charge in [0, 0.05) is 24.7 Å². The number of hydrogen-bond acceptors (Lipinski definition) is 4. The van der Waals surface area contributed by atoms with Gasteiger partial charge in [-0.05, 0) is 12.8 Å². The first kappa shape index (κ1) is 14.1. The van der Waals surface area contributed by atoms with Crippen LogP contribution in [-0.2, 0) is 0 Å². The van der Waals surface area contributed by atoms with Crippen molar-refractivity contribution in [2.24, 2.45) is 0 Å². The third kappa shape index (κ3) is 2.97. The average Bonchev–Trinajstić information content (AvgIpc) is 2.99. The zero-order valence-corrected chi connectivity index (χ0v) is 12.4. The molecule has 2 aromatic heterocycles. The van der Waals surface area contributed by atoms with E-state index in [9.17, 15) is 4.79 Å². The third-order valence-electron chi connectivity index (χ3n) is 3.25. The molecule has 0 amide bonds. The van der Waals surface area contributed by atoms with Gasteiger partial charge in [0.15, 0.2) is 17.1 Å². The Morgan fingerprint density at radius 2 is 2.00 bits per heavy atom. The molecule has 0 aliphatic heterocycles. The van der Waals surface area contributed by atoms with E-state index in [4.69, 9.17) is 0 Å². The fraction of sp³-hybridized carbons (Fsp3) is 0.571. The van der Waals surface area contributed by atoms with Crippen LogP contribution in [0.1, 0.15) is 50.0 Å². The van der Waals surface area contributed by atoms with Gasteiger partial charge in [-0.25, -0.2) is 4.98 Å². The normalized spacial score (nSPS) is 11.1. The van der Waals surface area contributed by atoms with E-state index in [1.807, 2.05) is 16.0 Å². The predicted octanol–water partition coefficient (Wildman–Crippen LogP) is 3.61. The van der Waals surface area contributed by atoms with Gasteiger partial charge in [-0.2, -0.15) is 0 Å². The van der Waals surface area contributed by atoms with Gasteiger partial charge < -0.3 is 4.90 Å². The standard InChI is InChI=1S/C14H21N3OS/c1-3-5-7-16(8-6-4-2)13-12(11-18)17-9-10-19-14(17)15-13/h9-11H,3-8H2,1-2H3. The lowest BCUT2D eigenvalue weighted by Gasteiger charge is -2.22. The molecule has 19 heavy (non-hydrogen) atoms. The smallest absolute Gasteiger partial charge is 0.196 e. The first-order valence-corrected chi connectivity index (χ1v) is 7.85. The van der Waals surface area contributed by atoms with E-state index in [1.54, 1.807) is 11.3 Å². The second kappa shape index (κ2) is 6.70. The maximum Gasteiger partial charge on any atom is 0.196 e. The molecule has 104 valence electrons. The van der Waals surface area contributed by atoms with E-state index in [-0.39, 0.29) is 0 Å². The van der Waals surface area contributed by atoms with Gasteiger partial charge in [0.2, 0.25) is 0 Å². The van der Waals surface area contributed by atoms with Crippen LogP contribution in [-0.4, -0.2) is 28.8 Å². The SMILES string of the molecule is CCCCN(CCCC)c1nc2sccn2c1C=O. The first-order chi connectivity index (χ1) is 9.31. The highest BCUT2D eigenvalue weighted by Gasteiger charge is 2.17. The number of nitrogens with zero attached hydrogens (tertiary/aromatic N) is 3. The Bertz CT molecular complexity index is 524. The van der Waals surface area contributed by atoms with Gasteiger partial charge in [0.25, 0.3) is 0 Å². The Morgan fingerprint density at radius 3 is 2.58 bits per heavy atom. The van der Waals surface area contributed by atoms with Crippen LogP contribution in [0.25, 0.3) is 4.96 Å². The molecule has 2 heterocycles. The molecular weight excluding hydrogens is 258 g/mol. The van der Waals surface area contributed by atoms with Crippen LogP contribution in [0.5, 0.6) is 0 Å². The quantitative estimate of drug-likeness (QED) is 0.693. The van der Waals surface area contributed by atoms with Crippen molar-refractivity contribution in [3.8, 4) is 0 Å². The van der Waals surface area contributed by atoms with Crippen molar-refractivity contribution in [2.45, 2.75) is 39.5 Å². The summed E-state index contributed by atoms with van der Waals surface area (Å²) < 4.78 is 1.89. The minimum atomic E-state index is 0.684. The lowest BCUT2D eigenvalue weighted by molar-refractivity contribution is 0.111. The number of rotatable bonds is 8. The molecule has 0 aliphatic carbocycles. The molecule has 5 heteroatoms. The molecule has 0 fully saturated rings. The average molecular weight is 279 g/mol. The number of unbranched alkanes of at least 4 members (excludes halogenated alkanes) is 2. The largest absolute Gasteiger partial charge is 0.355 e. The minimum Gasteiger partial charge on any atom is -0.355 e. The molecule has 2 rings (SSSR count). The van der Waals surface area contributed by atoms with E-state index >= 15 is 0 Å². The summed E-state index contributed by atoms with van der Waals surface area (Å²) in [7, 11) is 0. The van der Waals surface area contributed by atoms with Gasteiger partial charge in [0.05, 0.1) is 0 Å². The fourth-order valence-corrected chi connectivity index (χ4v) is 2.87. The van der Waals surface area contributed by atoms with Crippen LogP contribution >= 0.6 is 11.3 Å². The van der Waals surface area contributed by atoms with E-state index < -0.39 is 0 Å². The van der Waals surface area contributed by atoms with Crippen molar-refractivity contribution in [3.63, 3.8) is 0 Å². The lowest BCUT2D eigenvalue weighted by atomic mass is 10.2. The molecule has 0 aromatic carbocycles. The molecule has 0 atom stereocenters. The number of fused-ring (bicyclic) bond motifs is 1. The molecule has 0 radical (unpaired) electrons. The number of carbonyl (C=O) groups excluding carboxylic acids is 1. The Morgan fingerprint density at radius 1 is 1.32 bits per heavy atom. The molecular formula is C14H21N3OS. The summed E-state index contributed by atoms with van der Waals surface area (Å²) in [6.07, 6.45) is 7.41. The summed E-state index contributed by atoms with van der Waals surface area (Å²) in [6.45, 7) is 6.32. The molecule has 0 N–H and O–H groups in total. The van der Waals surface area contributed by atoms with Gasteiger partial charge in [0.1, 0.15) is 5.69 Å². The van der Waals surface area contributed by atoms with Crippen LogP contribution in [0.3, 0.4) is 0 Å². The number of imidazole rings is 1. The van der Waals surface area contributed by atoms with Crippen molar-refractivity contribution in [1.82, 2.24) is 9.38 Å². The summed E-state index contributed by atoms with van der Waals surface area (Å²) in [5.74, 6) is 0.851. The van der Waals surface area contributed by atoms with Crippen molar-refractivity contribution in [1.29, 1.82) is 0 Å². The summed E-state index contributed by atoms with van der Waals surface area (Å²) >= 11 is 1.57. The number of carbonyl (C=O) groups is 1. The van der Waals surface area contributed by atoms with E-state index in [1.165, 1.54) is 0 Å². The Labute approximate surface area is 118 Å². The van der Waals surface area contributed by atoms with Gasteiger partial charge in [-0.15, -0.1) is 11.3 Å². The van der Waals surface area contributed by atoms with Crippen molar-refractivity contribution >= 4 is 28.4 Å². The summed E-state index contributed by atoms with van der Waals surface area (Å²) in [5, 5.41) is 1.96. The predicted molar refractivity (Wildman–Crippen MR) is 80.5 cm³/mol. The second-order valence-corrected chi connectivity index (χ2v) is 5.56. The second-order valence-electron chi connectivity index (χ2n) is 4.69. The van der Waals surface area contributed by atoms with E-state index in [0.717, 1.165) is 55.8 Å². The third-order valence-corrected chi connectivity index (χ3v) is 4.01. The highest BCUT2D eigenvalue weighted by molar-refractivity contribution is 7.15. The van der Waals surface area contributed by atoms with E-state index in [2.05, 4.69) is 23.7 Å². The number of hydrogen-bond donors (Lipinski definition) is 0.